The van der Waals surface area contributed by atoms with Crippen LogP contribution in [0.3, 0.4) is 0 Å². The van der Waals surface area contributed by atoms with Crippen molar-refractivity contribution in [1.82, 2.24) is 9.97 Å². The van der Waals surface area contributed by atoms with E-state index in [9.17, 15) is 4.79 Å². The van der Waals surface area contributed by atoms with Gasteiger partial charge < -0.3 is 5.11 Å². The summed E-state index contributed by atoms with van der Waals surface area (Å²) in [6.07, 6.45) is 0. The van der Waals surface area contributed by atoms with Crippen molar-refractivity contribution in [2.75, 3.05) is 0 Å². The SMILES string of the molecule is Cc1sc(-c2cc(C)c3ccccc3n2)nc1C(=O)O. The Labute approximate surface area is 119 Å². The number of hydrogen-bond acceptors (Lipinski definition) is 4. The molecule has 1 aromatic carbocycles. The van der Waals surface area contributed by atoms with Gasteiger partial charge >= 0.3 is 5.97 Å². The molecule has 4 nitrogen and oxygen atoms in total. The number of aromatic nitrogens is 2. The van der Waals surface area contributed by atoms with E-state index in [1.54, 1.807) is 6.92 Å². The maximum absolute atomic E-state index is 11.1. The molecule has 100 valence electrons. The number of carboxylic acids is 1. The number of aryl methyl sites for hydroxylation is 2. The number of nitrogens with zero attached hydrogens (tertiary/aromatic N) is 2. The third-order valence-electron chi connectivity index (χ3n) is 3.14. The van der Waals surface area contributed by atoms with Crippen molar-refractivity contribution in [2.24, 2.45) is 0 Å². The quantitative estimate of drug-likeness (QED) is 0.779. The zero-order valence-corrected chi connectivity index (χ0v) is 11.9. The fourth-order valence-corrected chi connectivity index (χ4v) is 3.03. The highest BCUT2D eigenvalue weighted by molar-refractivity contribution is 7.15. The number of hydrogen-bond donors (Lipinski definition) is 1. The molecule has 0 bridgehead atoms. The highest BCUT2D eigenvalue weighted by Gasteiger charge is 2.16. The first kappa shape index (κ1) is 12.7. The minimum atomic E-state index is -0.998. The van der Waals surface area contributed by atoms with Crippen LogP contribution in [0.2, 0.25) is 0 Å². The summed E-state index contributed by atoms with van der Waals surface area (Å²) in [4.78, 5) is 20.5. The molecule has 0 unspecified atom stereocenters. The van der Waals surface area contributed by atoms with Crippen LogP contribution in [-0.2, 0) is 0 Å². The topological polar surface area (TPSA) is 63.1 Å². The van der Waals surface area contributed by atoms with Gasteiger partial charge in [-0.2, -0.15) is 0 Å². The average Bonchev–Trinajstić information content (AvgIpc) is 2.81. The standard InChI is InChI=1S/C15H12N2O2S/c1-8-7-12(16-11-6-4-3-5-10(8)11)14-17-13(15(18)19)9(2)20-14/h3-7H,1-2H3,(H,18,19). The minimum Gasteiger partial charge on any atom is -0.476 e. The van der Waals surface area contributed by atoms with Crippen molar-refractivity contribution in [3.63, 3.8) is 0 Å². The fourth-order valence-electron chi connectivity index (χ4n) is 2.16. The molecule has 1 N–H and O–H groups in total. The van der Waals surface area contributed by atoms with Crippen molar-refractivity contribution in [3.05, 3.63) is 46.5 Å². The third kappa shape index (κ3) is 2.06. The number of carbonyl (C=O) groups is 1. The number of benzene rings is 1. The largest absolute Gasteiger partial charge is 0.476 e. The Kier molecular flexibility index (Phi) is 2.99. The van der Waals surface area contributed by atoms with E-state index in [1.807, 2.05) is 37.3 Å². The first-order valence-corrected chi connectivity index (χ1v) is 6.95. The Hall–Kier alpha value is -2.27. The van der Waals surface area contributed by atoms with E-state index < -0.39 is 5.97 Å². The minimum absolute atomic E-state index is 0.109. The molecule has 0 saturated heterocycles. The molecule has 0 amide bonds. The summed E-state index contributed by atoms with van der Waals surface area (Å²) in [6, 6.07) is 9.84. The molecule has 0 radical (unpaired) electrons. The molecule has 0 aliphatic rings. The number of fused-ring (bicyclic) bond motifs is 1. The summed E-state index contributed by atoms with van der Waals surface area (Å²) >= 11 is 1.36. The van der Waals surface area contributed by atoms with E-state index in [0.29, 0.717) is 9.88 Å². The molecule has 0 aliphatic carbocycles. The van der Waals surface area contributed by atoms with Gasteiger partial charge in [0, 0.05) is 10.3 Å². The first-order valence-electron chi connectivity index (χ1n) is 6.14. The predicted molar refractivity (Wildman–Crippen MR) is 79.3 cm³/mol. The second-order valence-electron chi connectivity index (χ2n) is 4.57. The van der Waals surface area contributed by atoms with Gasteiger partial charge in [-0.15, -0.1) is 11.3 Å². The monoisotopic (exact) mass is 284 g/mol. The molecule has 0 aliphatic heterocycles. The molecule has 3 aromatic rings. The van der Waals surface area contributed by atoms with Crippen LogP contribution in [0.4, 0.5) is 0 Å². The van der Waals surface area contributed by atoms with Crippen LogP contribution in [0.5, 0.6) is 0 Å². The number of pyridine rings is 1. The zero-order valence-electron chi connectivity index (χ0n) is 11.0. The summed E-state index contributed by atoms with van der Waals surface area (Å²) in [5.41, 5.74) is 2.84. The number of thiazole rings is 1. The summed E-state index contributed by atoms with van der Waals surface area (Å²) in [6.45, 7) is 3.78. The van der Waals surface area contributed by atoms with Crippen LogP contribution in [-0.4, -0.2) is 21.0 Å². The van der Waals surface area contributed by atoms with Crippen LogP contribution in [0.1, 0.15) is 20.9 Å². The highest BCUT2D eigenvalue weighted by atomic mass is 32.1. The molecule has 0 fully saturated rings. The van der Waals surface area contributed by atoms with Crippen molar-refractivity contribution < 1.29 is 9.90 Å². The van der Waals surface area contributed by atoms with E-state index in [4.69, 9.17) is 5.11 Å². The molecular formula is C15H12N2O2S. The van der Waals surface area contributed by atoms with Gasteiger partial charge in [0.25, 0.3) is 0 Å². The molecule has 2 aromatic heterocycles. The molecule has 2 heterocycles. The Morgan fingerprint density at radius 3 is 2.65 bits per heavy atom. The Bertz CT molecular complexity index is 824. The van der Waals surface area contributed by atoms with Crippen LogP contribution in [0.15, 0.2) is 30.3 Å². The average molecular weight is 284 g/mol. The van der Waals surface area contributed by atoms with E-state index in [1.165, 1.54) is 11.3 Å². The van der Waals surface area contributed by atoms with E-state index >= 15 is 0 Å². The van der Waals surface area contributed by atoms with Gasteiger partial charge in [-0.3, -0.25) is 0 Å². The van der Waals surface area contributed by atoms with Crippen molar-refractivity contribution in [2.45, 2.75) is 13.8 Å². The molecule has 0 atom stereocenters. The normalized spacial score (nSPS) is 10.9. The number of carboxylic acid groups (broad SMARTS) is 1. The summed E-state index contributed by atoms with van der Waals surface area (Å²) in [5.74, 6) is -0.998. The lowest BCUT2D eigenvalue weighted by Gasteiger charge is -2.03. The fraction of sp³-hybridized carbons (Fsp3) is 0.133. The lowest BCUT2D eigenvalue weighted by Crippen LogP contribution is -1.98. The second kappa shape index (κ2) is 4.68. The maximum Gasteiger partial charge on any atom is 0.355 e. The smallest absolute Gasteiger partial charge is 0.355 e. The van der Waals surface area contributed by atoms with Crippen LogP contribution < -0.4 is 0 Å². The summed E-state index contributed by atoms with van der Waals surface area (Å²) < 4.78 is 0. The van der Waals surface area contributed by atoms with Crippen molar-refractivity contribution >= 4 is 28.2 Å². The van der Waals surface area contributed by atoms with Crippen LogP contribution in [0.25, 0.3) is 21.6 Å². The van der Waals surface area contributed by atoms with E-state index in [-0.39, 0.29) is 5.69 Å². The Morgan fingerprint density at radius 1 is 1.20 bits per heavy atom. The number of para-hydroxylation sites is 1. The van der Waals surface area contributed by atoms with Crippen LogP contribution in [0, 0.1) is 13.8 Å². The van der Waals surface area contributed by atoms with Crippen LogP contribution >= 0.6 is 11.3 Å². The molecule has 0 saturated carbocycles. The highest BCUT2D eigenvalue weighted by Crippen LogP contribution is 2.29. The molecular weight excluding hydrogens is 272 g/mol. The molecule has 20 heavy (non-hydrogen) atoms. The van der Waals surface area contributed by atoms with Gasteiger partial charge in [-0.1, -0.05) is 18.2 Å². The van der Waals surface area contributed by atoms with Gasteiger partial charge in [0.1, 0.15) is 5.01 Å². The van der Waals surface area contributed by atoms with Gasteiger partial charge in [0.15, 0.2) is 5.69 Å². The molecule has 3 rings (SSSR count). The van der Waals surface area contributed by atoms with Gasteiger partial charge in [-0.05, 0) is 31.5 Å². The molecule has 0 spiro atoms. The molecule has 5 heteroatoms. The summed E-state index contributed by atoms with van der Waals surface area (Å²) in [7, 11) is 0. The van der Waals surface area contributed by atoms with Crippen molar-refractivity contribution in [3.8, 4) is 10.7 Å². The first-order chi connectivity index (χ1) is 9.56. The number of aromatic carboxylic acids is 1. The van der Waals surface area contributed by atoms with E-state index in [0.717, 1.165) is 22.2 Å². The Balaban J connectivity index is 2.19. The Morgan fingerprint density at radius 2 is 1.95 bits per heavy atom. The maximum atomic E-state index is 11.1. The van der Waals surface area contributed by atoms with Crippen molar-refractivity contribution in [1.29, 1.82) is 0 Å². The zero-order chi connectivity index (χ0) is 14.3. The van der Waals surface area contributed by atoms with E-state index in [2.05, 4.69) is 9.97 Å². The lowest BCUT2D eigenvalue weighted by atomic mass is 10.1. The number of rotatable bonds is 2. The lowest BCUT2D eigenvalue weighted by molar-refractivity contribution is 0.0690. The second-order valence-corrected chi connectivity index (χ2v) is 5.77. The summed E-state index contributed by atoms with van der Waals surface area (Å²) in [5, 5.41) is 10.8. The van der Waals surface area contributed by atoms with Gasteiger partial charge in [-0.25, -0.2) is 14.8 Å². The van der Waals surface area contributed by atoms with Gasteiger partial charge in [0.05, 0.1) is 11.2 Å². The third-order valence-corrected chi connectivity index (χ3v) is 4.13. The van der Waals surface area contributed by atoms with Gasteiger partial charge in [0.2, 0.25) is 0 Å². The predicted octanol–water partition coefficient (Wildman–Crippen LogP) is 3.67.